The van der Waals surface area contributed by atoms with Gasteiger partial charge in [0.25, 0.3) is 10.2 Å². The number of carbonyl (C=O) groups is 6. The molecule has 0 aromatic carbocycles. The Kier molecular flexibility index (Phi) is 15.5. The molecule has 0 bridgehead atoms. The first-order valence-electron chi connectivity index (χ1n) is 18.1. The van der Waals surface area contributed by atoms with E-state index in [9.17, 15) is 59.2 Å². The highest BCUT2D eigenvalue weighted by atomic mass is 19.1. The molecule has 4 N–H and O–H groups in total. The minimum atomic E-state index is -2.27. The summed E-state index contributed by atoms with van der Waals surface area (Å²) in [6.07, 6.45) is 1.07. The van der Waals surface area contributed by atoms with Crippen LogP contribution in [0.15, 0.2) is 23.8 Å². The molecular weight excluding hydrogens is 756 g/mol. The number of nitrogens with zero attached hydrogens (tertiary/aromatic N) is 2. The van der Waals surface area contributed by atoms with Gasteiger partial charge in [-0.25, -0.2) is 13.6 Å². The van der Waals surface area contributed by atoms with Crippen molar-refractivity contribution in [2.45, 2.75) is 108 Å². The van der Waals surface area contributed by atoms with E-state index in [2.05, 4.69) is 15.0 Å². The first kappa shape index (κ1) is 45.3. The van der Waals surface area contributed by atoms with Crippen LogP contribution in [-0.2, 0) is 43.2 Å². The number of halogens is 2. The molecule has 3 saturated carbocycles. The summed E-state index contributed by atoms with van der Waals surface area (Å²) < 4.78 is 37.8. The summed E-state index contributed by atoms with van der Waals surface area (Å²) >= 11 is 0. The fourth-order valence-electron chi connectivity index (χ4n) is 8.74. The minimum Gasteiger partial charge on any atom is -0.481 e. The molecule has 0 saturated heterocycles. The number of carboxylic acids is 2. The molecule has 0 aliphatic heterocycles. The predicted octanol–water partition coefficient (Wildman–Crippen LogP) is 2.82. The van der Waals surface area contributed by atoms with Crippen molar-refractivity contribution in [2.24, 2.45) is 28.6 Å². The monoisotopic (exact) mass is 803 g/mol. The van der Waals surface area contributed by atoms with Crippen LogP contribution in [0.4, 0.5) is 8.78 Å². The molecule has 4 aliphatic carbocycles. The number of hydrogen-bond acceptors (Lipinski definition) is 14. The number of fused-ring (bicyclic) bond motifs is 5. The number of hydrogen-bond donors (Lipinski definition) is 4. The first-order chi connectivity index (χ1) is 26.2. The van der Waals surface area contributed by atoms with Crippen LogP contribution in [0.1, 0.15) is 84.5 Å². The lowest BCUT2D eigenvalue weighted by molar-refractivity contribution is -0.757. The van der Waals surface area contributed by atoms with E-state index in [4.69, 9.17) is 9.84 Å². The van der Waals surface area contributed by atoms with Gasteiger partial charge in [-0.15, -0.1) is 20.2 Å². The Morgan fingerprint density at radius 1 is 0.982 bits per heavy atom. The van der Waals surface area contributed by atoms with Gasteiger partial charge in [-0.3, -0.25) is 24.0 Å². The van der Waals surface area contributed by atoms with E-state index in [1.165, 1.54) is 19.1 Å². The van der Waals surface area contributed by atoms with Crippen molar-refractivity contribution < 1.29 is 77.5 Å². The number of alkyl halides is 2. The molecule has 56 heavy (non-hydrogen) atoms. The van der Waals surface area contributed by atoms with Crippen LogP contribution in [0.3, 0.4) is 0 Å². The van der Waals surface area contributed by atoms with Gasteiger partial charge in [-0.05, 0) is 80.9 Å². The van der Waals surface area contributed by atoms with Gasteiger partial charge in [0, 0.05) is 30.1 Å². The van der Waals surface area contributed by atoms with E-state index < -0.39 is 111 Å². The Bertz CT molecular complexity index is 1590. The molecular formula is C35H47F2N3O16. The van der Waals surface area contributed by atoms with Gasteiger partial charge in [0.1, 0.15) is 18.8 Å². The van der Waals surface area contributed by atoms with E-state index in [1.807, 2.05) is 0 Å². The molecule has 19 nitrogen and oxygen atoms in total. The van der Waals surface area contributed by atoms with Crippen LogP contribution in [0, 0.1) is 48.8 Å². The molecule has 0 heterocycles. The lowest BCUT2D eigenvalue weighted by Gasteiger charge is -2.62. The van der Waals surface area contributed by atoms with E-state index in [0.717, 1.165) is 6.08 Å². The van der Waals surface area contributed by atoms with Crippen LogP contribution in [0.5, 0.6) is 0 Å². The fourth-order valence-corrected chi connectivity index (χ4v) is 8.74. The molecule has 4 rings (SSSR count). The number of nitrogens with one attached hydrogen (secondary N) is 1. The number of aliphatic carboxylic acids is 2. The van der Waals surface area contributed by atoms with Gasteiger partial charge in [-0.1, -0.05) is 19.4 Å². The topological polar surface area (TPSA) is 289 Å². The van der Waals surface area contributed by atoms with E-state index in [1.54, 1.807) is 6.92 Å². The average molecular weight is 804 g/mol. The number of Topliss-reactive ketones (excluding diaryl/α,β-unsaturated/α-hetero) is 1. The number of carbonyl (C=O) groups excluding carboxylic acids is 4. The minimum absolute atomic E-state index is 0.00934. The molecule has 312 valence electrons. The van der Waals surface area contributed by atoms with Gasteiger partial charge in [0.05, 0.1) is 25.7 Å². The Morgan fingerprint density at radius 2 is 1.62 bits per heavy atom. The summed E-state index contributed by atoms with van der Waals surface area (Å²) in [6.45, 7) is 2.27. The third-order valence-electron chi connectivity index (χ3n) is 11.4. The Labute approximate surface area is 319 Å². The zero-order chi connectivity index (χ0) is 42.0. The van der Waals surface area contributed by atoms with Gasteiger partial charge in [-0.2, -0.15) is 0 Å². The number of ketones is 2. The van der Waals surface area contributed by atoms with Crippen LogP contribution in [0.25, 0.3) is 0 Å². The van der Waals surface area contributed by atoms with Crippen molar-refractivity contribution >= 4 is 35.4 Å². The third-order valence-corrected chi connectivity index (χ3v) is 11.4. The SMILES string of the molecule is CC12CC(O)[C@@]3(F)C(C[C@H](F)C4=CC(=O)C=CC43C)C1CCC2C(=O)COC(=O)CC(NC(=O)CCCCCO[N+](=O)[O-])C(=O)O.O=C(O)CCCO[N+](=O)[O-]. The van der Waals surface area contributed by atoms with Crippen molar-refractivity contribution in [3.8, 4) is 0 Å². The van der Waals surface area contributed by atoms with Gasteiger partial charge in [0.15, 0.2) is 17.2 Å². The second-order valence-electron chi connectivity index (χ2n) is 14.8. The van der Waals surface area contributed by atoms with Crippen LogP contribution in [0.2, 0.25) is 0 Å². The van der Waals surface area contributed by atoms with Gasteiger partial charge in [0.2, 0.25) is 5.91 Å². The van der Waals surface area contributed by atoms with Crippen LogP contribution in [-0.4, -0.2) is 105 Å². The third kappa shape index (κ3) is 10.6. The molecule has 1 amide bonds. The van der Waals surface area contributed by atoms with Crippen LogP contribution < -0.4 is 5.32 Å². The van der Waals surface area contributed by atoms with Crippen molar-refractivity contribution in [1.82, 2.24) is 5.32 Å². The summed E-state index contributed by atoms with van der Waals surface area (Å²) in [6, 6.07) is -1.61. The molecule has 21 heteroatoms. The summed E-state index contributed by atoms with van der Waals surface area (Å²) in [5.74, 6) is -7.24. The number of esters is 1. The van der Waals surface area contributed by atoms with Crippen molar-refractivity contribution in [3.63, 3.8) is 0 Å². The van der Waals surface area contributed by atoms with Crippen LogP contribution >= 0.6 is 0 Å². The maximum atomic E-state index is 17.2. The number of allylic oxidation sites excluding steroid dienone is 4. The Hall–Kier alpha value is -5.08. The standard InChI is InChI=1S/C31H40F2N2O11.C4H7NO5/c1-29-15-25(38)31(33)20(13-22(32)21-12-17(36)9-10-30(21,31)2)18(29)7-8-19(29)24(37)16-45-27(40)14-23(28(41)42)34-26(39)6-4-3-5-11-46-35(43)44;6-4(7)2-1-3-10-5(8)9/h9-10,12,18-20,22-23,25,38H,3-8,11,13-16H2,1-2H3,(H,34,39)(H,41,42);1-3H2,(H,6,7)/t18?,19?,20?,22-,23?,25?,29?,30?,31-;/m0./s1. The average Bonchev–Trinajstić information content (AvgIpc) is 3.45. The smallest absolute Gasteiger partial charge is 0.326 e. The molecule has 0 aromatic heterocycles. The zero-order valence-electron chi connectivity index (χ0n) is 30.9. The zero-order valence-corrected chi connectivity index (χ0v) is 30.9. The number of amides is 1. The number of aliphatic hydroxyl groups is 1. The highest BCUT2D eigenvalue weighted by molar-refractivity contribution is 6.01. The number of rotatable bonds is 19. The molecule has 7 unspecified atom stereocenters. The van der Waals surface area contributed by atoms with Crippen molar-refractivity contribution in [1.29, 1.82) is 0 Å². The largest absolute Gasteiger partial charge is 0.481 e. The summed E-state index contributed by atoms with van der Waals surface area (Å²) in [7, 11) is 0. The molecule has 0 radical (unpaired) electrons. The highest BCUT2D eigenvalue weighted by Gasteiger charge is 2.72. The predicted molar refractivity (Wildman–Crippen MR) is 184 cm³/mol. The lowest BCUT2D eigenvalue weighted by Crippen LogP contribution is -2.68. The molecule has 0 aromatic rings. The van der Waals surface area contributed by atoms with E-state index in [0.29, 0.717) is 32.1 Å². The highest BCUT2D eigenvalue weighted by Crippen LogP contribution is 2.69. The molecule has 9 atom stereocenters. The summed E-state index contributed by atoms with van der Waals surface area (Å²) in [5.41, 5.74) is -4.72. The maximum absolute atomic E-state index is 17.2. The molecule has 4 aliphatic rings. The quantitative estimate of drug-likeness (QED) is 0.0632. The van der Waals surface area contributed by atoms with Crippen molar-refractivity contribution in [3.05, 3.63) is 44.0 Å². The Balaban J connectivity index is 0.000000739. The number of aliphatic hydroxyl groups excluding tert-OH is 1. The maximum Gasteiger partial charge on any atom is 0.326 e. The lowest BCUT2D eigenvalue weighted by atomic mass is 9.45. The molecule has 0 spiro atoms. The normalized spacial score (nSPS) is 30.4. The van der Waals surface area contributed by atoms with Gasteiger partial charge >= 0.3 is 17.9 Å². The second kappa shape index (κ2) is 19.2. The first-order valence-corrected chi connectivity index (χ1v) is 18.1. The Morgan fingerprint density at radius 3 is 2.23 bits per heavy atom. The van der Waals surface area contributed by atoms with Crippen molar-refractivity contribution in [2.75, 3.05) is 19.8 Å². The second-order valence-corrected chi connectivity index (χ2v) is 14.8. The van der Waals surface area contributed by atoms with E-state index >= 15 is 8.78 Å². The molecule has 3 fully saturated rings. The summed E-state index contributed by atoms with van der Waals surface area (Å²) in [4.78, 5) is 99.1. The number of ether oxygens (including phenoxy) is 1. The van der Waals surface area contributed by atoms with E-state index in [-0.39, 0.29) is 50.9 Å². The fraction of sp³-hybridized carbons (Fsp3) is 0.714. The number of unbranched alkanes of at least 4 members (excludes halogenated alkanes) is 2. The van der Waals surface area contributed by atoms with Gasteiger partial charge < -0.3 is 35.0 Å². The summed E-state index contributed by atoms with van der Waals surface area (Å²) in [5, 5.41) is 48.8. The number of carboxylic acid groups (broad SMARTS) is 2.